The fourth-order valence-electron chi connectivity index (χ4n) is 2.36. The van der Waals surface area contributed by atoms with E-state index >= 15 is 0 Å². The maximum atomic E-state index is 12.9. The van der Waals surface area contributed by atoms with E-state index in [9.17, 15) is 9.18 Å². The van der Waals surface area contributed by atoms with Gasteiger partial charge in [-0.2, -0.15) is 0 Å². The number of halogens is 1. The van der Waals surface area contributed by atoms with E-state index in [1.165, 1.54) is 12.1 Å². The Morgan fingerprint density at radius 1 is 0.926 bits per heavy atom. The zero-order valence-electron chi connectivity index (χ0n) is 15.1. The summed E-state index contributed by atoms with van der Waals surface area (Å²) >= 11 is 0. The van der Waals surface area contributed by atoms with Crippen LogP contribution in [-0.2, 0) is 0 Å². The quantitative estimate of drug-likeness (QED) is 0.370. The van der Waals surface area contributed by atoms with E-state index in [1.54, 1.807) is 54.7 Å². The Morgan fingerprint density at radius 2 is 1.56 bits per heavy atom. The van der Waals surface area contributed by atoms with Gasteiger partial charge in [0.2, 0.25) is 0 Å². The van der Waals surface area contributed by atoms with Crippen molar-refractivity contribution in [1.82, 2.24) is 0 Å². The molecule has 0 fully saturated rings. The minimum atomic E-state index is -0.409. The van der Waals surface area contributed by atoms with Gasteiger partial charge in [0.25, 0.3) is 0 Å². The third-order valence-corrected chi connectivity index (χ3v) is 3.90. The van der Waals surface area contributed by atoms with Gasteiger partial charge in [-0.1, -0.05) is 0 Å². The smallest absolute Gasteiger partial charge is 0.343 e. The predicted octanol–water partition coefficient (Wildman–Crippen LogP) is 4.86. The van der Waals surface area contributed by atoms with Gasteiger partial charge in [0, 0.05) is 26.0 Å². The van der Waals surface area contributed by atoms with Crippen LogP contribution in [0.1, 0.15) is 15.9 Å². The first-order valence-corrected chi connectivity index (χ1v) is 8.40. The molecule has 0 aromatic heterocycles. The number of carbonyl (C=O) groups is 1. The molecule has 3 aromatic rings. The summed E-state index contributed by atoms with van der Waals surface area (Å²) < 4.78 is 18.3. The van der Waals surface area contributed by atoms with E-state index in [0.717, 1.165) is 11.3 Å². The van der Waals surface area contributed by atoms with Crippen LogP contribution in [0.5, 0.6) is 5.75 Å². The van der Waals surface area contributed by atoms with Crippen molar-refractivity contribution in [3.63, 3.8) is 0 Å². The Kier molecular flexibility index (Phi) is 5.61. The van der Waals surface area contributed by atoms with Crippen molar-refractivity contribution >= 4 is 23.6 Å². The summed E-state index contributed by atoms with van der Waals surface area (Å²) in [6.07, 6.45) is 1.67. The lowest BCUT2D eigenvalue weighted by molar-refractivity contribution is 0.0735. The second-order valence-electron chi connectivity index (χ2n) is 6.13. The molecule has 0 radical (unpaired) electrons. The number of aliphatic imine (C=N–C) groups is 1. The van der Waals surface area contributed by atoms with E-state index in [0.29, 0.717) is 17.0 Å². The first kappa shape index (κ1) is 18.3. The van der Waals surface area contributed by atoms with Crippen LogP contribution < -0.4 is 9.64 Å². The summed E-state index contributed by atoms with van der Waals surface area (Å²) in [6, 6.07) is 20.1. The van der Waals surface area contributed by atoms with Crippen LogP contribution in [0.15, 0.2) is 77.8 Å². The van der Waals surface area contributed by atoms with Crippen molar-refractivity contribution < 1.29 is 13.9 Å². The number of esters is 1. The Hall–Kier alpha value is -3.47. The highest BCUT2D eigenvalue weighted by Gasteiger charge is 2.08. The maximum absolute atomic E-state index is 12.9. The fraction of sp³-hybridized carbons (Fsp3) is 0.0909. The monoisotopic (exact) mass is 362 g/mol. The average molecular weight is 362 g/mol. The number of anilines is 1. The van der Waals surface area contributed by atoms with Gasteiger partial charge in [0.1, 0.15) is 11.6 Å². The minimum Gasteiger partial charge on any atom is -0.423 e. The molecule has 0 heterocycles. The van der Waals surface area contributed by atoms with Gasteiger partial charge in [0.05, 0.1) is 11.3 Å². The zero-order chi connectivity index (χ0) is 19.2. The third-order valence-electron chi connectivity index (χ3n) is 3.90. The molecule has 0 atom stereocenters. The van der Waals surface area contributed by atoms with Gasteiger partial charge >= 0.3 is 5.97 Å². The summed E-state index contributed by atoms with van der Waals surface area (Å²) in [5, 5.41) is 0. The summed E-state index contributed by atoms with van der Waals surface area (Å²) in [4.78, 5) is 18.5. The van der Waals surface area contributed by atoms with E-state index in [2.05, 4.69) is 4.99 Å². The van der Waals surface area contributed by atoms with Crippen LogP contribution in [0.25, 0.3) is 0 Å². The van der Waals surface area contributed by atoms with Crippen LogP contribution in [0.4, 0.5) is 15.8 Å². The number of ether oxygens (including phenoxy) is 1. The van der Waals surface area contributed by atoms with Gasteiger partial charge in [-0.05, 0) is 78.4 Å². The van der Waals surface area contributed by atoms with Crippen LogP contribution >= 0.6 is 0 Å². The SMILES string of the molecule is CN(C)c1ccc(C(=O)Oc2ccc(C=Nc3ccc(F)cc3)cc2)cc1. The van der Waals surface area contributed by atoms with Crippen molar-refractivity contribution in [3.05, 3.63) is 89.7 Å². The topological polar surface area (TPSA) is 41.9 Å². The first-order chi connectivity index (χ1) is 13.0. The molecular weight excluding hydrogens is 343 g/mol. The highest BCUT2D eigenvalue weighted by Crippen LogP contribution is 2.17. The number of carbonyl (C=O) groups excluding carboxylic acids is 1. The van der Waals surface area contributed by atoms with Crippen LogP contribution in [0, 0.1) is 5.82 Å². The molecule has 0 aliphatic carbocycles. The molecular formula is C22H19FN2O2. The molecule has 0 saturated carbocycles. The van der Waals surface area contributed by atoms with Crippen molar-refractivity contribution in [2.45, 2.75) is 0 Å². The molecule has 3 rings (SSSR count). The van der Waals surface area contributed by atoms with E-state index in [-0.39, 0.29) is 5.82 Å². The number of rotatable bonds is 5. The molecule has 0 saturated heterocycles. The summed E-state index contributed by atoms with van der Waals surface area (Å²) in [5.74, 6) is -0.250. The minimum absolute atomic E-state index is 0.295. The molecule has 3 aromatic carbocycles. The molecule has 136 valence electrons. The van der Waals surface area contributed by atoms with Gasteiger partial charge in [-0.25, -0.2) is 9.18 Å². The molecule has 0 unspecified atom stereocenters. The number of benzene rings is 3. The van der Waals surface area contributed by atoms with Crippen molar-refractivity contribution in [1.29, 1.82) is 0 Å². The summed E-state index contributed by atoms with van der Waals surface area (Å²) in [7, 11) is 3.88. The molecule has 0 bridgehead atoms. The lowest BCUT2D eigenvalue weighted by Crippen LogP contribution is -2.11. The lowest BCUT2D eigenvalue weighted by atomic mass is 10.2. The maximum Gasteiger partial charge on any atom is 0.343 e. The fourth-order valence-corrected chi connectivity index (χ4v) is 2.36. The van der Waals surface area contributed by atoms with E-state index in [1.807, 2.05) is 31.1 Å². The van der Waals surface area contributed by atoms with Crippen LogP contribution in [-0.4, -0.2) is 26.3 Å². The average Bonchev–Trinajstić information content (AvgIpc) is 2.68. The van der Waals surface area contributed by atoms with Crippen LogP contribution in [0.3, 0.4) is 0 Å². The lowest BCUT2D eigenvalue weighted by Gasteiger charge is -2.12. The standard InChI is InChI=1S/C22H19FN2O2/c1-25(2)20-11-5-17(6-12-20)22(26)27-21-13-3-16(4-14-21)15-24-19-9-7-18(23)8-10-19/h3-15H,1-2H3. The second kappa shape index (κ2) is 8.27. The molecule has 0 amide bonds. The van der Waals surface area contributed by atoms with Gasteiger partial charge in [0.15, 0.2) is 0 Å². The Morgan fingerprint density at radius 3 is 2.15 bits per heavy atom. The Balaban J connectivity index is 1.63. The molecule has 0 N–H and O–H groups in total. The largest absolute Gasteiger partial charge is 0.423 e. The van der Waals surface area contributed by atoms with Crippen molar-refractivity contribution in [3.8, 4) is 5.75 Å². The molecule has 5 heteroatoms. The Labute approximate surface area is 157 Å². The van der Waals surface area contributed by atoms with Gasteiger partial charge < -0.3 is 9.64 Å². The number of nitrogens with zero attached hydrogens (tertiary/aromatic N) is 2. The van der Waals surface area contributed by atoms with Crippen LogP contribution in [0.2, 0.25) is 0 Å². The molecule has 27 heavy (non-hydrogen) atoms. The van der Waals surface area contributed by atoms with E-state index < -0.39 is 5.97 Å². The molecule has 0 spiro atoms. The molecule has 0 aliphatic rings. The number of hydrogen-bond donors (Lipinski definition) is 0. The van der Waals surface area contributed by atoms with E-state index in [4.69, 9.17) is 4.74 Å². The zero-order valence-corrected chi connectivity index (χ0v) is 15.1. The van der Waals surface area contributed by atoms with Crippen molar-refractivity contribution in [2.75, 3.05) is 19.0 Å². The Bertz CT molecular complexity index is 932. The predicted molar refractivity (Wildman–Crippen MR) is 106 cm³/mol. The molecule has 4 nitrogen and oxygen atoms in total. The summed E-state index contributed by atoms with van der Waals surface area (Å²) in [5.41, 5.74) is 3.00. The molecule has 0 aliphatic heterocycles. The highest BCUT2D eigenvalue weighted by molar-refractivity contribution is 5.91. The van der Waals surface area contributed by atoms with Gasteiger partial charge in [-0.15, -0.1) is 0 Å². The van der Waals surface area contributed by atoms with Gasteiger partial charge in [-0.3, -0.25) is 4.99 Å². The summed E-state index contributed by atoms with van der Waals surface area (Å²) in [6.45, 7) is 0. The normalized spacial score (nSPS) is 10.8. The first-order valence-electron chi connectivity index (χ1n) is 8.40. The number of hydrogen-bond acceptors (Lipinski definition) is 4. The highest BCUT2D eigenvalue weighted by atomic mass is 19.1. The van der Waals surface area contributed by atoms with Crippen molar-refractivity contribution in [2.24, 2.45) is 4.99 Å². The second-order valence-corrected chi connectivity index (χ2v) is 6.13. The third kappa shape index (κ3) is 5.01.